The number of hydrogen-bond acceptors (Lipinski definition) is 7. The Kier molecular flexibility index (Phi) is 6.26. The molecule has 9 heteroatoms. The number of hydrogen-bond donors (Lipinski definition) is 0. The van der Waals surface area contributed by atoms with E-state index in [9.17, 15) is 18.0 Å². The highest BCUT2D eigenvalue weighted by atomic mass is 32.2. The number of rotatable bonds is 6. The van der Waals surface area contributed by atoms with Gasteiger partial charge in [0.05, 0.1) is 18.4 Å². The van der Waals surface area contributed by atoms with Gasteiger partial charge in [0.15, 0.2) is 5.75 Å². The number of esters is 1. The molecule has 2 aromatic carbocycles. The lowest BCUT2D eigenvalue weighted by Gasteiger charge is -2.15. The predicted octanol–water partition coefficient (Wildman–Crippen LogP) is 3.10. The summed E-state index contributed by atoms with van der Waals surface area (Å²) in [5.74, 6) is -1.40. The summed E-state index contributed by atoms with van der Waals surface area (Å²) in [4.78, 5) is 25.1. The van der Waals surface area contributed by atoms with Gasteiger partial charge in [0.1, 0.15) is 4.90 Å². The van der Waals surface area contributed by atoms with E-state index < -0.39 is 33.1 Å². The Balaban J connectivity index is 2.15. The largest absolute Gasteiger partial charge is 0.461 e. The van der Waals surface area contributed by atoms with E-state index in [4.69, 9.17) is 8.92 Å². The molecule has 0 spiro atoms. The molecule has 8 nitrogen and oxygen atoms in total. The molecule has 0 N–H and O–H groups in total. The molecule has 3 rings (SSSR count). The Labute approximate surface area is 180 Å². The quantitative estimate of drug-likeness (QED) is 0.427. The topological polar surface area (TPSA) is 105 Å². The van der Waals surface area contributed by atoms with Gasteiger partial charge in [-0.15, -0.1) is 0 Å². The molecule has 1 heterocycles. The second kappa shape index (κ2) is 8.73. The number of benzene rings is 2. The van der Waals surface area contributed by atoms with E-state index in [-0.39, 0.29) is 11.5 Å². The highest BCUT2D eigenvalue weighted by Crippen LogP contribution is 2.27. The van der Waals surface area contributed by atoms with Crippen molar-refractivity contribution in [2.45, 2.75) is 32.6 Å². The number of aromatic nitrogens is 2. The van der Waals surface area contributed by atoms with Crippen LogP contribution in [0.4, 0.5) is 0 Å². The number of carbonyl (C=O) groups excluding carboxylic acids is 1. The summed E-state index contributed by atoms with van der Waals surface area (Å²) in [6.45, 7) is 6.78. The normalized spacial score (nSPS) is 11.2. The van der Waals surface area contributed by atoms with Crippen LogP contribution in [0.2, 0.25) is 0 Å². The molecule has 0 aliphatic heterocycles. The van der Waals surface area contributed by atoms with Crippen LogP contribution < -0.4 is 9.74 Å². The zero-order chi connectivity index (χ0) is 22.8. The van der Waals surface area contributed by atoms with Crippen LogP contribution in [0.1, 0.15) is 34.1 Å². The third kappa shape index (κ3) is 4.66. The lowest BCUT2D eigenvalue weighted by atomic mass is 10.1. The molecule has 0 aliphatic carbocycles. The maximum atomic E-state index is 13.0. The molecule has 3 aromatic rings. The van der Waals surface area contributed by atoms with Crippen molar-refractivity contribution in [1.82, 2.24) is 9.78 Å². The van der Waals surface area contributed by atoms with Crippen LogP contribution in [0.3, 0.4) is 0 Å². The zero-order valence-electron chi connectivity index (χ0n) is 17.6. The summed E-state index contributed by atoms with van der Waals surface area (Å²) in [6, 6.07) is 12.7. The van der Waals surface area contributed by atoms with Gasteiger partial charge in [-0.25, -0.2) is 4.79 Å². The van der Waals surface area contributed by atoms with Crippen LogP contribution in [0, 0.1) is 20.8 Å². The van der Waals surface area contributed by atoms with E-state index in [0.717, 1.165) is 16.3 Å². The molecule has 0 atom stereocenters. The molecule has 1 aromatic heterocycles. The summed E-state index contributed by atoms with van der Waals surface area (Å²) in [5, 5.41) is 4.04. The van der Waals surface area contributed by atoms with Crippen molar-refractivity contribution >= 4 is 16.1 Å². The highest BCUT2D eigenvalue weighted by molar-refractivity contribution is 7.87. The lowest BCUT2D eigenvalue weighted by molar-refractivity contribution is 0.0515. The molecule has 0 fully saturated rings. The van der Waals surface area contributed by atoms with E-state index in [1.54, 1.807) is 63.2 Å². The van der Waals surface area contributed by atoms with Crippen LogP contribution in [-0.2, 0) is 14.9 Å². The van der Waals surface area contributed by atoms with Gasteiger partial charge >= 0.3 is 16.1 Å². The standard InChI is InChI=1S/C22H22N2O6S/c1-5-29-22(26)20-18(13-19(25)24(23-20)17-9-7-6-8-10-17)30-31(27,28)21-15(3)11-14(2)12-16(21)4/h6-13H,5H2,1-4H3. The molecule has 31 heavy (non-hydrogen) atoms. The molecule has 0 radical (unpaired) electrons. The Morgan fingerprint density at radius 2 is 1.65 bits per heavy atom. The summed E-state index contributed by atoms with van der Waals surface area (Å²) in [7, 11) is -4.35. The zero-order valence-corrected chi connectivity index (χ0v) is 18.4. The molecule has 0 aliphatic rings. The minimum Gasteiger partial charge on any atom is -0.461 e. The van der Waals surface area contributed by atoms with Gasteiger partial charge in [-0.3, -0.25) is 4.79 Å². The first kappa shape index (κ1) is 22.2. The van der Waals surface area contributed by atoms with Gasteiger partial charge in [-0.1, -0.05) is 35.9 Å². The monoisotopic (exact) mass is 442 g/mol. The van der Waals surface area contributed by atoms with Gasteiger partial charge in [-0.05, 0) is 51.0 Å². The third-order valence-electron chi connectivity index (χ3n) is 4.42. The Hall–Kier alpha value is -3.46. The summed E-state index contributed by atoms with van der Waals surface area (Å²) in [6.07, 6.45) is 0. The maximum absolute atomic E-state index is 13.0. The van der Waals surface area contributed by atoms with Gasteiger partial charge < -0.3 is 8.92 Å². The fourth-order valence-electron chi connectivity index (χ4n) is 3.32. The van der Waals surface area contributed by atoms with Crippen LogP contribution in [0.5, 0.6) is 5.75 Å². The number of nitrogens with zero attached hydrogens (tertiary/aromatic N) is 2. The van der Waals surface area contributed by atoms with Crippen LogP contribution >= 0.6 is 0 Å². The molecule has 0 amide bonds. The van der Waals surface area contributed by atoms with E-state index in [2.05, 4.69) is 5.10 Å². The molecule has 0 unspecified atom stereocenters. The average Bonchev–Trinajstić information content (AvgIpc) is 2.67. The van der Waals surface area contributed by atoms with Crippen LogP contribution in [-0.4, -0.2) is 30.8 Å². The smallest absolute Gasteiger partial charge is 0.362 e. The average molecular weight is 442 g/mol. The fourth-order valence-corrected chi connectivity index (χ4v) is 4.67. The SMILES string of the molecule is CCOC(=O)c1nn(-c2ccccc2)c(=O)cc1OS(=O)(=O)c1c(C)cc(C)cc1C. The summed E-state index contributed by atoms with van der Waals surface area (Å²) < 4.78 is 37.3. The predicted molar refractivity (Wildman–Crippen MR) is 114 cm³/mol. The molecule has 0 saturated heterocycles. The van der Waals surface area contributed by atoms with Crippen LogP contribution in [0.15, 0.2) is 58.2 Å². The molecule has 162 valence electrons. The number of ether oxygens (including phenoxy) is 1. The molecule has 0 saturated carbocycles. The fraction of sp³-hybridized carbons (Fsp3) is 0.227. The molecular formula is C22H22N2O6S. The minimum atomic E-state index is -4.35. The first-order chi connectivity index (χ1) is 14.6. The van der Waals surface area contributed by atoms with E-state index in [1.165, 1.54) is 0 Å². The Morgan fingerprint density at radius 1 is 1.03 bits per heavy atom. The third-order valence-corrected chi connectivity index (χ3v) is 5.96. The Morgan fingerprint density at radius 3 is 2.23 bits per heavy atom. The lowest BCUT2D eigenvalue weighted by Crippen LogP contribution is -2.26. The highest BCUT2D eigenvalue weighted by Gasteiger charge is 2.27. The second-order valence-corrected chi connectivity index (χ2v) is 8.41. The van der Waals surface area contributed by atoms with Crippen molar-refractivity contribution in [3.05, 3.63) is 81.3 Å². The Bertz CT molecular complexity index is 1270. The second-order valence-electron chi connectivity index (χ2n) is 6.93. The van der Waals surface area contributed by atoms with Gasteiger partial charge in [-0.2, -0.15) is 18.2 Å². The minimum absolute atomic E-state index is 0.0276. The first-order valence-electron chi connectivity index (χ1n) is 9.53. The van der Waals surface area contributed by atoms with Crippen molar-refractivity contribution in [3.63, 3.8) is 0 Å². The van der Waals surface area contributed by atoms with Crippen LogP contribution in [0.25, 0.3) is 5.69 Å². The van der Waals surface area contributed by atoms with Crippen molar-refractivity contribution in [1.29, 1.82) is 0 Å². The molecule has 0 bridgehead atoms. The van der Waals surface area contributed by atoms with E-state index >= 15 is 0 Å². The van der Waals surface area contributed by atoms with E-state index in [0.29, 0.717) is 16.8 Å². The van der Waals surface area contributed by atoms with Crippen molar-refractivity contribution in [2.24, 2.45) is 0 Å². The summed E-state index contributed by atoms with van der Waals surface area (Å²) in [5.41, 5.74) is 1.19. The van der Waals surface area contributed by atoms with E-state index in [1.807, 2.05) is 6.92 Å². The maximum Gasteiger partial charge on any atom is 0.362 e. The summed E-state index contributed by atoms with van der Waals surface area (Å²) >= 11 is 0. The first-order valence-corrected chi connectivity index (χ1v) is 10.9. The number of aryl methyl sites for hydroxylation is 3. The van der Waals surface area contributed by atoms with Crippen molar-refractivity contribution in [3.8, 4) is 11.4 Å². The van der Waals surface area contributed by atoms with Gasteiger partial charge in [0.2, 0.25) is 5.69 Å². The van der Waals surface area contributed by atoms with Crippen molar-refractivity contribution < 1.29 is 22.1 Å². The van der Waals surface area contributed by atoms with Gasteiger partial charge in [0.25, 0.3) is 5.56 Å². The molecular weight excluding hydrogens is 420 g/mol. The number of carbonyl (C=O) groups is 1. The number of para-hydroxylation sites is 1. The van der Waals surface area contributed by atoms with Gasteiger partial charge in [0, 0.05) is 0 Å². The van der Waals surface area contributed by atoms with Crippen molar-refractivity contribution in [2.75, 3.05) is 6.61 Å².